The van der Waals surface area contributed by atoms with E-state index in [1.54, 1.807) is 0 Å². The average molecular weight is 377 g/mol. The van der Waals surface area contributed by atoms with Crippen molar-refractivity contribution in [2.24, 2.45) is 0 Å². The Bertz CT molecular complexity index is 537. The number of nitrogens with one attached hydrogen (secondary N) is 2. The highest BCUT2D eigenvalue weighted by Crippen LogP contribution is 2.21. The summed E-state index contributed by atoms with van der Waals surface area (Å²) in [5.41, 5.74) is 2.37. The second-order valence-electron chi connectivity index (χ2n) is 7.14. The maximum Gasteiger partial charge on any atom is 0.170 e. The molecule has 1 aromatic rings. The number of rotatable bonds is 6. The van der Waals surface area contributed by atoms with Crippen LogP contribution in [0.5, 0.6) is 0 Å². The molecule has 0 amide bonds. The lowest BCUT2D eigenvalue weighted by atomic mass is 10.2. The van der Waals surface area contributed by atoms with Crippen LogP contribution in [0.3, 0.4) is 0 Å². The molecule has 0 aliphatic carbocycles. The van der Waals surface area contributed by atoms with E-state index < -0.39 is 0 Å². The van der Waals surface area contributed by atoms with Gasteiger partial charge in [-0.05, 0) is 62.3 Å². The lowest BCUT2D eigenvalue weighted by molar-refractivity contribution is 0.0376. The van der Waals surface area contributed by atoms with Crippen LogP contribution in [0, 0.1) is 0 Å². The van der Waals surface area contributed by atoms with Gasteiger partial charge in [-0.15, -0.1) is 0 Å². The third-order valence-electron chi connectivity index (χ3n) is 5.14. The Morgan fingerprint density at radius 1 is 0.962 bits per heavy atom. The molecule has 0 radical (unpaired) electrons. The monoisotopic (exact) mass is 376 g/mol. The predicted octanol–water partition coefficient (Wildman–Crippen LogP) is 3.08. The van der Waals surface area contributed by atoms with Crippen molar-refractivity contribution in [2.45, 2.75) is 32.1 Å². The van der Waals surface area contributed by atoms with Crippen molar-refractivity contribution < 1.29 is 4.74 Å². The smallest absolute Gasteiger partial charge is 0.170 e. The molecule has 2 aliphatic rings. The molecular formula is C20H32N4OS. The fourth-order valence-corrected chi connectivity index (χ4v) is 3.81. The van der Waals surface area contributed by atoms with E-state index in [2.05, 4.69) is 44.7 Å². The van der Waals surface area contributed by atoms with Crippen molar-refractivity contribution in [2.75, 3.05) is 62.7 Å². The summed E-state index contributed by atoms with van der Waals surface area (Å²) in [4.78, 5) is 4.95. The van der Waals surface area contributed by atoms with Gasteiger partial charge in [0.2, 0.25) is 0 Å². The lowest BCUT2D eigenvalue weighted by Crippen LogP contribution is -2.38. The number of hydrogen-bond donors (Lipinski definition) is 2. The van der Waals surface area contributed by atoms with E-state index in [1.807, 2.05) is 0 Å². The van der Waals surface area contributed by atoms with E-state index in [-0.39, 0.29) is 0 Å². The lowest BCUT2D eigenvalue weighted by Gasteiger charge is -2.26. The second kappa shape index (κ2) is 10.7. The number of hydrogen-bond acceptors (Lipinski definition) is 4. The Balaban J connectivity index is 1.35. The number of benzene rings is 1. The van der Waals surface area contributed by atoms with Gasteiger partial charge in [-0.2, -0.15) is 0 Å². The number of morpholine rings is 1. The minimum atomic E-state index is 0.703. The maximum atomic E-state index is 5.42. The molecule has 26 heavy (non-hydrogen) atoms. The molecule has 2 N–H and O–H groups in total. The summed E-state index contributed by atoms with van der Waals surface area (Å²) in [6.45, 7) is 8.17. The molecule has 0 bridgehead atoms. The number of thiocarbonyl (C=S) groups is 1. The predicted molar refractivity (Wildman–Crippen MR) is 113 cm³/mol. The SMILES string of the molecule is S=C(NCCCN1CCOCC1)Nc1ccc(N2CCCCCC2)cc1. The van der Waals surface area contributed by atoms with Gasteiger partial charge in [0.05, 0.1) is 13.2 Å². The van der Waals surface area contributed by atoms with Crippen molar-refractivity contribution >= 4 is 28.7 Å². The zero-order chi connectivity index (χ0) is 18.0. The minimum absolute atomic E-state index is 0.703. The normalized spacial score (nSPS) is 19.0. The summed E-state index contributed by atoms with van der Waals surface area (Å²) in [6, 6.07) is 8.66. The largest absolute Gasteiger partial charge is 0.379 e. The maximum absolute atomic E-state index is 5.42. The van der Waals surface area contributed by atoms with Crippen LogP contribution >= 0.6 is 12.2 Å². The van der Waals surface area contributed by atoms with E-state index in [0.29, 0.717) is 5.11 Å². The molecule has 0 spiro atoms. The average Bonchev–Trinajstić information content (AvgIpc) is 2.96. The van der Waals surface area contributed by atoms with Gasteiger partial charge >= 0.3 is 0 Å². The summed E-state index contributed by atoms with van der Waals surface area (Å²) in [5.74, 6) is 0. The van der Waals surface area contributed by atoms with E-state index in [4.69, 9.17) is 17.0 Å². The molecule has 0 saturated carbocycles. The summed E-state index contributed by atoms with van der Waals surface area (Å²) < 4.78 is 5.37. The fourth-order valence-electron chi connectivity index (χ4n) is 3.59. The number of ether oxygens (including phenoxy) is 1. The topological polar surface area (TPSA) is 39.8 Å². The van der Waals surface area contributed by atoms with Gasteiger partial charge in [0.15, 0.2) is 5.11 Å². The van der Waals surface area contributed by atoms with Crippen LogP contribution in [-0.2, 0) is 4.74 Å². The molecule has 0 aromatic heterocycles. The first-order valence-electron chi connectivity index (χ1n) is 10.0. The third-order valence-corrected chi connectivity index (χ3v) is 5.38. The molecule has 0 unspecified atom stereocenters. The molecule has 1 aromatic carbocycles. The van der Waals surface area contributed by atoms with Crippen LogP contribution in [0.2, 0.25) is 0 Å². The molecule has 2 heterocycles. The van der Waals surface area contributed by atoms with Gasteiger partial charge in [-0.25, -0.2) is 0 Å². The van der Waals surface area contributed by atoms with Crippen molar-refractivity contribution in [1.82, 2.24) is 10.2 Å². The van der Waals surface area contributed by atoms with Crippen LogP contribution < -0.4 is 15.5 Å². The molecule has 3 rings (SSSR count). The Kier molecular flexibility index (Phi) is 7.98. The van der Waals surface area contributed by atoms with Gasteiger partial charge in [0, 0.05) is 44.1 Å². The van der Waals surface area contributed by atoms with Gasteiger partial charge in [0.25, 0.3) is 0 Å². The van der Waals surface area contributed by atoms with Crippen LogP contribution in [0.15, 0.2) is 24.3 Å². The summed E-state index contributed by atoms with van der Waals surface area (Å²) in [7, 11) is 0. The molecule has 2 fully saturated rings. The molecule has 5 nitrogen and oxygen atoms in total. The van der Waals surface area contributed by atoms with E-state index >= 15 is 0 Å². The van der Waals surface area contributed by atoms with Gasteiger partial charge in [-0.3, -0.25) is 4.90 Å². The molecule has 2 aliphatic heterocycles. The van der Waals surface area contributed by atoms with Crippen molar-refractivity contribution in [3.05, 3.63) is 24.3 Å². The van der Waals surface area contributed by atoms with Gasteiger partial charge in [0.1, 0.15) is 0 Å². The number of anilines is 2. The highest BCUT2D eigenvalue weighted by atomic mass is 32.1. The van der Waals surface area contributed by atoms with Crippen LogP contribution in [-0.4, -0.2) is 62.5 Å². The standard InChI is InChI=1S/C20H32N4OS/c26-20(21-10-5-11-23-14-16-25-17-15-23)22-18-6-8-19(9-7-18)24-12-3-1-2-4-13-24/h6-9H,1-5,10-17H2,(H2,21,22,26). The molecule has 6 heteroatoms. The van der Waals surface area contributed by atoms with Crippen molar-refractivity contribution in [1.29, 1.82) is 0 Å². The zero-order valence-electron chi connectivity index (χ0n) is 15.7. The van der Waals surface area contributed by atoms with Gasteiger partial charge < -0.3 is 20.3 Å². The van der Waals surface area contributed by atoms with E-state index in [9.17, 15) is 0 Å². The Labute approximate surface area is 163 Å². The first-order chi connectivity index (χ1) is 12.8. The summed E-state index contributed by atoms with van der Waals surface area (Å²) in [5, 5.41) is 7.30. The third kappa shape index (κ3) is 6.41. The van der Waals surface area contributed by atoms with Crippen LogP contribution in [0.25, 0.3) is 0 Å². The highest BCUT2D eigenvalue weighted by molar-refractivity contribution is 7.80. The minimum Gasteiger partial charge on any atom is -0.379 e. The van der Waals surface area contributed by atoms with Gasteiger partial charge in [-0.1, -0.05) is 12.8 Å². The number of nitrogens with zero attached hydrogens (tertiary/aromatic N) is 2. The van der Waals surface area contributed by atoms with E-state index in [1.165, 1.54) is 44.5 Å². The molecule has 144 valence electrons. The molecular weight excluding hydrogens is 344 g/mol. The van der Waals surface area contributed by atoms with Crippen molar-refractivity contribution in [3.63, 3.8) is 0 Å². The fraction of sp³-hybridized carbons (Fsp3) is 0.650. The summed E-state index contributed by atoms with van der Waals surface area (Å²) >= 11 is 5.42. The Morgan fingerprint density at radius 2 is 1.65 bits per heavy atom. The Morgan fingerprint density at radius 3 is 2.35 bits per heavy atom. The first kappa shape index (κ1) is 19.4. The summed E-state index contributed by atoms with van der Waals surface area (Å²) in [6.07, 6.45) is 6.43. The second-order valence-corrected chi connectivity index (χ2v) is 7.54. The van der Waals surface area contributed by atoms with Crippen LogP contribution in [0.4, 0.5) is 11.4 Å². The highest BCUT2D eigenvalue weighted by Gasteiger charge is 2.10. The van der Waals surface area contributed by atoms with Crippen LogP contribution in [0.1, 0.15) is 32.1 Å². The molecule has 0 atom stereocenters. The zero-order valence-corrected chi connectivity index (χ0v) is 16.5. The first-order valence-corrected chi connectivity index (χ1v) is 10.4. The van der Waals surface area contributed by atoms with E-state index in [0.717, 1.165) is 51.5 Å². The quantitative estimate of drug-likeness (QED) is 0.587. The van der Waals surface area contributed by atoms with Crippen molar-refractivity contribution in [3.8, 4) is 0 Å². The molecule has 2 saturated heterocycles. The Hall–Kier alpha value is -1.37.